The molecule has 2 aromatic rings. The SMILES string of the molecule is CCOC(=O)c1c(NC(=O)CCc2ccc(C(C)C)cc2)sc2c1CCCC2. The molecule has 0 atom stereocenters. The van der Waals surface area contributed by atoms with Crippen LogP contribution in [0.3, 0.4) is 0 Å². The number of aryl methyl sites for hydroxylation is 2. The van der Waals surface area contributed by atoms with E-state index >= 15 is 0 Å². The Hall–Kier alpha value is -2.14. The van der Waals surface area contributed by atoms with E-state index in [0.717, 1.165) is 36.8 Å². The Labute approximate surface area is 171 Å². The summed E-state index contributed by atoms with van der Waals surface area (Å²) in [6.07, 6.45) is 5.16. The lowest BCUT2D eigenvalue weighted by Gasteiger charge is -2.12. The smallest absolute Gasteiger partial charge is 0.341 e. The molecule has 1 aliphatic carbocycles. The average Bonchev–Trinajstić information content (AvgIpc) is 3.04. The molecule has 1 heterocycles. The van der Waals surface area contributed by atoms with Crippen LogP contribution in [0.1, 0.15) is 77.9 Å². The van der Waals surface area contributed by atoms with Crippen LogP contribution in [0.15, 0.2) is 24.3 Å². The number of hydrogen-bond donors (Lipinski definition) is 1. The third-order valence-corrected chi connectivity index (χ3v) is 6.40. The molecule has 28 heavy (non-hydrogen) atoms. The van der Waals surface area contributed by atoms with Crippen molar-refractivity contribution in [1.29, 1.82) is 0 Å². The summed E-state index contributed by atoms with van der Waals surface area (Å²) >= 11 is 1.54. The topological polar surface area (TPSA) is 55.4 Å². The van der Waals surface area contributed by atoms with Gasteiger partial charge in [-0.3, -0.25) is 4.79 Å². The Bertz CT molecular complexity index is 836. The lowest BCUT2D eigenvalue weighted by molar-refractivity contribution is -0.116. The second-order valence-corrected chi connectivity index (χ2v) is 8.69. The van der Waals surface area contributed by atoms with Crippen LogP contribution in [0.4, 0.5) is 5.00 Å². The zero-order valence-electron chi connectivity index (χ0n) is 17.0. The molecule has 5 heteroatoms. The molecule has 1 N–H and O–H groups in total. The van der Waals surface area contributed by atoms with Crippen LogP contribution in [0.5, 0.6) is 0 Å². The van der Waals surface area contributed by atoms with E-state index in [-0.39, 0.29) is 11.9 Å². The van der Waals surface area contributed by atoms with Gasteiger partial charge in [-0.1, -0.05) is 38.1 Å². The van der Waals surface area contributed by atoms with Crippen molar-refractivity contribution >= 4 is 28.2 Å². The van der Waals surface area contributed by atoms with Gasteiger partial charge in [0, 0.05) is 11.3 Å². The predicted octanol–water partition coefficient (Wildman–Crippen LogP) is 5.50. The van der Waals surface area contributed by atoms with Crippen molar-refractivity contribution in [3.05, 3.63) is 51.4 Å². The van der Waals surface area contributed by atoms with Crippen LogP contribution in [-0.4, -0.2) is 18.5 Å². The quantitative estimate of drug-likeness (QED) is 0.626. The molecule has 1 aliphatic rings. The van der Waals surface area contributed by atoms with E-state index in [2.05, 4.69) is 43.4 Å². The largest absolute Gasteiger partial charge is 0.462 e. The average molecular weight is 400 g/mol. The number of rotatable bonds is 7. The van der Waals surface area contributed by atoms with Crippen molar-refractivity contribution in [2.75, 3.05) is 11.9 Å². The number of carbonyl (C=O) groups is 2. The van der Waals surface area contributed by atoms with Crippen molar-refractivity contribution in [2.24, 2.45) is 0 Å². The molecule has 0 aliphatic heterocycles. The molecule has 150 valence electrons. The van der Waals surface area contributed by atoms with E-state index in [4.69, 9.17) is 4.74 Å². The minimum atomic E-state index is -0.318. The number of benzene rings is 1. The number of thiophene rings is 1. The van der Waals surface area contributed by atoms with Crippen LogP contribution >= 0.6 is 11.3 Å². The first kappa shape index (κ1) is 20.6. The summed E-state index contributed by atoms with van der Waals surface area (Å²) < 4.78 is 5.25. The molecule has 1 aromatic heterocycles. The van der Waals surface area contributed by atoms with Gasteiger partial charge in [0.1, 0.15) is 5.00 Å². The molecule has 4 nitrogen and oxygen atoms in total. The summed E-state index contributed by atoms with van der Waals surface area (Å²) in [4.78, 5) is 26.2. The van der Waals surface area contributed by atoms with Gasteiger partial charge in [0.05, 0.1) is 12.2 Å². The van der Waals surface area contributed by atoms with Crippen molar-refractivity contribution in [1.82, 2.24) is 0 Å². The van der Waals surface area contributed by atoms with Crippen LogP contribution in [0.25, 0.3) is 0 Å². The Kier molecular flexibility index (Phi) is 6.89. The minimum absolute atomic E-state index is 0.0583. The summed E-state index contributed by atoms with van der Waals surface area (Å²) in [6.45, 7) is 6.48. The highest BCUT2D eigenvalue weighted by atomic mass is 32.1. The summed E-state index contributed by atoms with van der Waals surface area (Å²) in [5.74, 6) is 0.127. The molecule has 0 fully saturated rings. The number of amides is 1. The van der Waals surface area contributed by atoms with Gasteiger partial charge < -0.3 is 10.1 Å². The van der Waals surface area contributed by atoms with Crippen LogP contribution < -0.4 is 5.32 Å². The number of esters is 1. The van der Waals surface area contributed by atoms with Crippen LogP contribution in [-0.2, 0) is 28.8 Å². The molecule has 0 saturated heterocycles. The summed E-state index contributed by atoms with van der Waals surface area (Å²) in [6, 6.07) is 8.45. The Morgan fingerprint density at radius 2 is 1.86 bits per heavy atom. The third-order valence-electron chi connectivity index (χ3n) is 5.19. The van der Waals surface area contributed by atoms with Crippen molar-refractivity contribution < 1.29 is 14.3 Å². The standard InChI is InChI=1S/C23H29NO3S/c1-4-27-23(26)21-18-7-5-6-8-19(18)28-22(21)24-20(25)14-11-16-9-12-17(13-10-16)15(2)3/h9-10,12-13,15H,4-8,11,14H2,1-3H3,(H,24,25). The number of ether oxygens (including phenoxy) is 1. The highest BCUT2D eigenvalue weighted by Gasteiger charge is 2.27. The van der Waals surface area contributed by atoms with Crippen LogP contribution in [0, 0.1) is 0 Å². The predicted molar refractivity (Wildman–Crippen MR) is 114 cm³/mol. The fraction of sp³-hybridized carbons (Fsp3) is 0.478. The summed E-state index contributed by atoms with van der Waals surface area (Å²) in [5, 5.41) is 3.64. The van der Waals surface area contributed by atoms with E-state index in [1.165, 1.54) is 21.8 Å². The summed E-state index contributed by atoms with van der Waals surface area (Å²) in [7, 11) is 0. The summed E-state index contributed by atoms with van der Waals surface area (Å²) in [5.41, 5.74) is 4.11. The molecule has 0 spiro atoms. The van der Waals surface area contributed by atoms with Gasteiger partial charge in [-0.15, -0.1) is 11.3 Å². The van der Waals surface area contributed by atoms with Crippen LogP contribution in [0.2, 0.25) is 0 Å². The lowest BCUT2D eigenvalue weighted by Crippen LogP contribution is -2.16. The van der Waals surface area contributed by atoms with Gasteiger partial charge in [0.25, 0.3) is 0 Å². The van der Waals surface area contributed by atoms with E-state index in [1.54, 1.807) is 6.92 Å². The Morgan fingerprint density at radius 3 is 2.54 bits per heavy atom. The van der Waals surface area contributed by atoms with Gasteiger partial charge in [-0.25, -0.2) is 4.79 Å². The maximum absolute atomic E-state index is 12.5. The second-order valence-electron chi connectivity index (χ2n) is 7.58. The van der Waals surface area contributed by atoms with Crippen molar-refractivity contribution in [3.8, 4) is 0 Å². The zero-order chi connectivity index (χ0) is 20.1. The van der Waals surface area contributed by atoms with Crippen molar-refractivity contribution in [2.45, 2.75) is 65.2 Å². The van der Waals surface area contributed by atoms with Crippen molar-refractivity contribution in [3.63, 3.8) is 0 Å². The molecule has 0 saturated carbocycles. The number of anilines is 1. The molecule has 1 aromatic carbocycles. The zero-order valence-corrected chi connectivity index (χ0v) is 17.8. The molecular weight excluding hydrogens is 370 g/mol. The maximum atomic E-state index is 12.5. The highest BCUT2D eigenvalue weighted by Crippen LogP contribution is 2.38. The lowest BCUT2D eigenvalue weighted by atomic mass is 9.95. The molecule has 0 bridgehead atoms. The molecule has 0 radical (unpaired) electrons. The number of carbonyl (C=O) groups excluding carboxylic acids is 2. The van der Waals surface area contributed by atoms with Gasteiger partial charge in [-0.2, -0.15) is 0 Å². The number of hydrogen-bond acceptors (Lipinski definition) is 4. The van der Waals surface area contributed by atoms with Gasteiger partial charge in [0.2, 0.25) is 5.91 Å². The first-order valence-corrected chi connectivity index (χ1v) is 11.0. The fourth-order valence-electron chi connectivity index (χ4n) is 3.59. The normalized spacial score (nSPS) is 13.3. The molecule has 3 rings (SSSR count). The van der Waals surface area contributed by atoms with E-state index in [0.29, 0.717) is 35.9 Å². The highest BCUT2D eigenvalue weighted by molar-refractivity contribution is 7.17. The minimum Gasteiger partial charge on any atom is -0.462 e. The Morgan fingerprint density at radius 1 is 1.14 bits per heavy atom. The first-order valence-electron chi connectivity index (χ1n) is 10.2. The Balaban J connectivity index is 1.68. The molecule has 1 amide bonds. The monoisotopic (exact) mass is 399 g/mol. The maximum Gasteiger partial charge on any atom is 0.341 e. The van der Waals surface area contributed by atoms with Gasteiger partial charge in [0.15, 0.2) is 0 Å². The number of fused-ring (bicyclic) bond motifs is 1. The molecular formula is C23H29NO3S. The van der Waals surface area contributed by atoms with E-state index in [1.807, 2.05) is 0 Å². The molecule has 0 unspecified atom stereocenters. The van der Waals surface area contributed by atoms with Gasteiger partial charge >= 0.3 is 5.97 Å². The van der Waals surface area contributed by atoms with Gasteiger partial charge in [-0.05, 0) is 61.6 Å². The third kappa shape index (κ3) is 4.82. The van der Waals surface area contributed by atoms with E-state index < -0.39 is 0 Å². The number of nitrogens with one attached hydrogen (secondary N) is 1. The first-order chi connectivity index (χ1) is 13.5. The fourth-order valence-corrected chi connectivity index (χ4v) is 4.88. The van der Waals surface area contributed by atoms with E-state index in [9.17, 15) is 9.59 Å². The second kappa shape index (κ2) is 9.37.